The second-order valence-electron chi connectivity index (χ2n) is 3.18. The number of hydrogen-bond acceptors (Lipinski definition) is 4. The van der Waals surface area contributed by atoms with Crippen LogP contribution in [-0.4, -0.2) is 53.7 Å². The number of aliphatic hydroxyl groups excluding tert-OH is 1. The van der Waals surface area contributed by atoms with Gasteiger partial charge in [-0.2, -0.15) is 11.8 Å². The summed E-state index contributed by atoms with van der Waals surface area (Å²) >= 11 is 1.67. The number of carbonyl (C=O) groups is 1. The van der Waals surface area contributed by atoms with Gasteiger partial charge in [-0.25, -0.2) is 0 Å². The second kappa shape index (κ2) is 8.76. The molecular formula is C10H20N2O2S. The van der Waals surface area contributed by atoms with Crippen LogP contribution in [0.3, 0.4) is 0 Å². The maximum atomic E-state index is 11.8. The minimum absolute atomic E-state index is 0.0468. The molecule has 0 aliphatic heterocycles. The Kier molecular flexibility index (Phi) is 8.46. The van der Waals surface area contributed by atoms with Gasteiger partial charge in [0, 0.05) is 13.1 Å². The molecule has 0 saturated carbocycles. The summed E-state index contributed by atoms with van der Waals surface area (Å²) in [5.41, 5.74) is 5.74. The van der Waals surface area contributed by atoms with Crippen molar-refractivity contribution in [2.75, 3.05) is 31.7 Å². The molecule has 5 heteroatoms. The summed E-state index contributed by atoms with van der Waals surface area (Å²) in [6.07, 6.45) is 4.28. The van der Waals surface area contributed by atoms with Gasteiger partial charge in [0.2, 0.25) is 5.91 Å². The van der Waals surface area contributed by atoms with E-state index < -0.39 is 6.04 Å². The zero-order valence-corrected chi connectivity index (χ0v) is 10.0. The van der Waals surface area contributed by atoms with Crippen molar-refractivity contribution in [1.82, 2.24) is 4.90 Å². The number of amides is 1. The van der Waals surface area contributed by atoms with E-state index in [4.69, 9.17) is 10.8 Å². The molecule has 15 heavy (non-hydrogen) atoms. The van der Waals surface area contributed by atoms with E-state index in [1.54, 1.807) is 17.8 Å². The van der Waals surface area contributed by atoms with E-state index >= 15 is 0 Å². The van der Waals surface area contributed by atoms with Crippen LogP contribution in [0, 0.1) is 0 Å². The Labute approximate surface area is 95.5 Å². The van der Waals surface area contributed by atoms with Crippen LogP contribution in [0.1, 0.15) is 6.42 Å². The van der Waals surface area contributed by atoms with Crippen molar-refractivity contribution in [1.29, 1.82) is 0 Å². The first-order valence-corrected chi connectivity index (χ1v) is 6.31. The van der Waals surface area contributed by atoms with Crippen LogP contribution < -0.4 is 5.73 Å². The topological polar surface area (TPSA) is 66.6 Å². The van der Waals surface area contributed by atoms with Crippen molar-refractivity contribution >= 4 is 17.7 Å². The van der Waals surface area contributed by atoms with Crippen LogP contribution in [-0.2, 0) is 4.79 Å². The summed E-state index contributed by atoms with van der Waals surface area (Å²) in [6.45, 7) is 4.27. The highest BCUT2D eigenvalue weighted by molar-refractivity contribution is 7.98. The lowest BCUT2D eigenvalue weighted by atomic mass is 10.2. The third-order valence-electron chi connectivity index (χ3n) is 1.98. The predicted octanol–water partition coefficient (Wildman–Crippen LogP) is 0.0737. The maximum absolute atomic E-state index is 11.8. The Morgan fingerprint density at radius 1 is 1.73 bits per heavy atom. The summed E-state index contributed by atoms with van der Waals surface area (Å²) in [6, 6.07) is -0.469. The van der Waals surface area contributed by atoms with Gasteiger partial charge >= 0.3 is 0 Å². The highest BCUT2D eigenvalue weighted by Crippen LogP contribution is 2.02. The number of hydrogen-bond donors (Lipinski definition) is 2. The second-order valence-corrected chi connectivity index (χ2v) is 4.17. The normalized spacial score (nSPS) is 12.2. The number of aliphatic hydroxyl groups is 1. The molecule has 0 aliphatic carbocycles. The molecule has 0 rings (SSSR count). The molecule has 0 radical (unpaired) electrons. The molecule has 0 bridgehead atoms. The Hall–Kier alpha value is -0.520. The molecule has 1 atom stereocenters. The first-order valence-electron chi connectivity index (χ1n) is 4.92. The van der Waals surface area contributed by atoms with Crippen LogP contribution in [0.4, 0.5) is 0 Å². The molecule has 0 unspecified atom stereocenters. The predicted molar refractivity (Wildman–Crippen MR) is 64.8 cm³/mol. The third-order valence-corrected chi connectivity index (χ3v) is 2.63. The van der Waals surface area contributed by atoms with Crippen molar-refractivity contribution in [3.8, 4) is 0 Å². The van der Waals surface area contributed by atoms with Gasteiger partial charge in [-0.1, -0.05) is 6.08 Å². The lowest BCUT2D eigenvalue weighted by Crippen LogP contribution is -2.45. The summed E-state index contributed by atoms with van der Waals surface area (Å²) in [7, 11) is 0. The van der Waals surface area contributed by atoms with Crippen LogP contribution in [0.2, 0.25) is 0 Å². The van der Waals surface area contributed by atoms with E-state index in [9.17, 15) is 4.79 Å². The van der Waals surface area contributed by atoms with Crippen LogP contribution in [0.5, 0.6) is 0 Å². The van der Waals surface area contributed by atoms with E-state index in [0.717, 1.165) is 5.75 Å². The summed E-state index contributed by atoms with van der Waals surface area (Å²) in [5.74, 6) is 0.756. The fourth-order valence-electron chi connectivity index (χ4n) is 1.17. The van der Waals surface area contributed by atoms with E-state index in [1.165, 1.54) is 4.90 Å². The quantitative estimate of drug-likeness (QED) is 0.581. The molecule has 0 aliphatic rings. The number of thioether (sulfide) groups is 1. The number of rotatable bonds is 8. The Morgan fingerprint density at radius 2 is 2.40 bits per heavy atom. The minimum atomic E-state index is -0.469. The molecule has 4 nitrogen and oxygen atoms in total. The zero-order valence-electron chi connectivity index (χ0n) is 9.19. The smallest absolute Gasteiger partial charge is 0.239 e. The van der Waals surface area contributed by atoms with Crippen molar-refractivity contribution in [3.05, 3.63) is 12.7 Å². The van der Waals surface area contributed by atoms with E-state index in [2.05, 4.69) is 6.58 Å². The molecule has 0 heterocycles. The Balaban J connectivity index is 4.14. The number of carbonyl (C=O) groups excluding carboxylic acids is 1. The molecular weight excluding hydrogens is 212 g/mol. The average Bonchev–Trinajstić information content (AvgIpc) is 2.24. The third kappa shape index (κ3) is 5.81. The van der Waals surface area contributed by atoms with E-state index in [0.29, 0.717) is 19.5 Å². The van der Waals surface area contributed by atoms with E-state index in [-0.39, 0.29) is 12.5 Å². The molecule has 0 aromatic carbocycles. The highest BCUT2D eigenvalue weighted by Gasteiger charge is 2.18. The maximum Gasteiger partial charge on any atom is 0.239 e. The standard InChI is InChI=1S/C10H20N2O2S/c1-3-5-12(6-7-13)10(14)9(11)4-8-15-2/h3,9,13H,1,4-8,11H2,2H3/t9-/m0/s1. The molecule has 0 aromatic rings. The van der Waals surface area contributed by atoms with Gasteiger partial charge in [0.05, 0.1) is 12.6 Å². The molecule has 88 valence electrons. The Morgan fingerprint density at radius 3 is 2.87 bits per heavy atom. The molecule has 1 amide bonds. The lowest BCUT2D eigenvalue weighted by molar-refractivity contribution is -0.132. The molecule has 0 saturated heterocycles. The summed E-state index contributed by atoms with van der Waals surface area (Å²) in [4.78, 5) is 13.3. The van der Waals surface area contributed by atoms with Crippen molar-refractivity contribution in [3.63, 3.8) is 0 Å². The first-order chi connectivity index (χ1) is 7.17. The zero-order chi connectivity index (χ0) is 11.7. The van der Waals surface area contributed by atoms with Gasteiger partial charge in [0.25, 0.3) is 0 Å². The van der Waals surface area contributed by atoms with Crippen molar-refractivity contribution in [2.45, 2.75) is 12.5 Å². The van der Waals surface area contributed by atoms with Gasteiger partial charge in [-0.3, -0.25) is 4.79 Å². The largest absolute Gasteiger partial charge is 0.395 e. The average molecular weight is 232 g/mol. The summed E-state index contributed by atoms with van der Waals surface area (Å²) in [5, 5.41) is 8.80. The molecule has 0 fully saturated rings. The first kappa shape index (κ1) is 14.5. The number of nitrogens with two attached hydrogens (primary N) is 1. The highest BCUT2D eigenvalue weighted by atomic mass is 32.2. The van der Waals surface area contributed by atoms with Gasteiger partial charge in [0.15, 0.2) is 0 Å². The SMILES string of the molecule is C=CCN(CCO)C(=O)[C@@H](N)CCSC. The van der Waals surface area contributed by atoms with Gasteiger partial charge in [0.1, 0.15) is 0 Å². The summed E-state index contributed by atoms with van der Waals surface area (Å²) < 4.78 is 0. The Bertz CT molecular complexity index is 200. The fraction of sp³-hybridized carbons (Fsp3) is 0.700. The van der Waals surface area contributed by atoms with Crippen molar-refractivity contribution in [2.24, 2.45) is 5.73 Å². The number of nitrogens with zero attached hydrogens (tertiary/aromatic N) is 1. The van der Waals surface area contributed by atoms with Gasteiger partial charge < -0.3 is 15.7 Å². The van der Waals surface area contributed by atoms with E-state index in [1.807, 2.05) is 6.26 Å². The lowest BCUT2D eigenvalue weighted by Gasteiger charge is -2.23. The van der Waals surface area contributed by atoms with Crippen LogP contribution >= 0.6 is 11.8 Å². The molecule has 0 spiro atoms. The van der Waals surface area contributed by atoms with Gasteiger partial charge in [-0.05, 0) is 18.4 Å². The van der Waals surface area contributed by atoms with Crippen molar-refractivity contribution < 1.29 is 9.90 Å². The van der Waals surface area contributed by atoms with Gasteiger partial charge in [-0.15, -0.1) is 6.58 Å². The molecule has 0 aromatic heterocycles. The fourth-order valence-corrected chi connectivity index (χ4v) is 1.66. The van der Waals surface area contributed by atoms with Crippen LogP contribution in [0.25, 0.3) is 0 Å². The molecule has 3 N–H and O–H groups in total. The minimum Gasteiger partial charge on any atom is -0.395 e. The van der Waals surface area contributed by atoms with Crippen LogP contribution in [0.15, 0.2) is 12.7 Å². The monoisotopic (exact) mass is 232 g/mol.